The highest BCUT2D eigenvalue weighted by atomic mass is 16.5. The van der Waals surface area contributed by atoms with E-state index in [0.717, 1.165) is 40.3 Å². The minimum atomic E-state index is -0.146. The summed E-state index contributed by atoms with van der Waals surface area (Å²) in [5.74, 6) is 2.47. The minimum absolute atomic E-state index is 0.00366. The molecule has 27 heavy (non-hydrogen) atoms. The van der Waals surface area contributed by atoms with Crippen molar-refractivity contribution in [3.8, 4) is 22.8 Å². The van der Waals surface area contributed by atoms with E-state index in [1.54, 1.807) is 6.07 Å². The fourth-order valence-electron chi connectivity index (χ4n) is 3.31. The summed E-state index contributed by atoms with van der Waals surface area (Å²) in [7, 11) is 0. The van der Waals surface area contributed by atoms with Gasteiger partial charge in [0.15, 0.2) is 0 Å². The van der Waals surface area contributed by atoms with Crippen LogP contribution in [0.25, 0.3) is 11.3 Å². The Morgan fingerprint density at radius 2 is 2.11 bits per heavy atom. The number of nitrogens with two attached hydrogens (primary N) is 1. The van der Waals surface area contributed by atoms with Crippen molar-refractivity contribution in [3.63, 3.8) is 0 Å². The summed E-state index contributed by atoms with van der Waals surface area (Å²) >= 11 is 0. The molecule has 0 aliphatic carbocycles. The minimum Gasteiger partial charge on any atom is -0.492 e. The van der Waals surface area contributed by atoms with Gasteiger partial charge in [-0.25, -0.2) is 4.98 Å². The second-order valence-electron chi connectivity index (χ2n) is 7.44. The number of fused-ring (bicyclic) bond motifs is 3. The third-order valence-corrected chi connectivity index (χ3v) is 4.49. The summed E-state index contributed by atoms with van der Waals surface area (Å²) in [6, 6.07) is 7.61. The molecule has 3 N–H and O–H groups in total. The summed E-state index contributed by atoms with van der Waals surface area (Å²) in [5.41, 5.74) is 9.78. The summed E-state index contributed by atoms with van der Waals surface area (Å²) < 4.78 is 11.9. The lowest BCUT2D eigenvalue weighted by molar-refractivity contribution is -0.114. The van der Waals surface area contributed by atoms with Crippen LogP contribution in [0.4, 0.5) is 5.82 Å². The standard InChI is InChI=1S/C21H27N3O3/c1-12(2)9-16(22)11-26-18-7-6-17-20-15(10-27-21(17)13(18)3)5-8-19(24-20)23-14(4)25/h5-8,12,16H,9-11,22H2,1-4H3,(H,23,24,25). The first-order chi connectivity index (χ1) is 12.8. The first-order valence-corrected chi connectivity index (χ1v) is 9.27. The molecule has 1 aromatic carbocycles. The van der Waals surface area contributed by atoms with Gasteiger partial charge in [-0.05, 0) is 43.5 Å². The molecule has 0 spiro atoms. The topological polar surface area (TPSA) is 86.5 Å². The Bertz CT molecular complexity index is 849. The smallest absolute Gasteiger partial charge is 0.222 e. The Hall–Kier alpha value is -2.60. The van der Waals surface area contributed by atoms with Crippen LogP contribution >= 0.6 is 0 Å². The van der Waals surface area contributed by atoms with E-state index in [1.165, 1.54) is 6.92 Å². The molecule has 1 atom stereocenters. The van der Waals surface area contributed by atoms with Crippen LogP contribution in [0.3, 0.4) is 0 Å². The van der Waals surface area contributed by atoms with Crippen LogP contribution in [-0.4, -0.2) is 23.5 Å². The average molecular weight is 369 g/mol. The van der Waals surface area contributed by atoms with E-state index in [9.17, 15) is 4.79 Å². The number of benzene rings is 1. The Kier molecular flexibility index (Phi) is 5.65. The van der Waals surface area contributed by atoms with E-state index in [0.29, 0.717) is 24.9 Å². The summed E-state index contributed by atoms with van der Waals surface area (Å²) in [4.78, 5) is 15.9. The summed E-state index contributed by atoms with van der Waals surface area (Å²) in [6.45, 7) is 8.65. The number of carbonyl (C=O) groups is 1. The van der Waals surface area contributed by atoms with Crippen molar-refractivity contribution in [3.05, 3.63) is 35.4 Å². The molecule has 1 amide bonds. The molecule has 2 heterocycles. The van der Waals surface area contributed by atoms with Gasteiger partial charge in [-0.15, -0.1) is 0 Å². The monoisotopic (exact) mass is 369 g/mol. The lowest BCUT2D eigenvalue weighted by Gasteiger charge is -2.24. The van der Waals surface area contributed by atoms with Crippen LogP contribution in [0.15, 0.2) is 24.3 Å². The van der Waals surface area contributed by atoms with E-state index in [2.05, 4.69) is 24.1 Å². The average Bonchev–Trinajstić information content (AvgIpc) is 2.60. The van der Waals surface area contributed by atoms with Crippen LogP contribution in [0, 0.1) is 12.8 Å². The zero-order valence-corrected chi connectivity index (χ0v) is 16.3. The number of ether oxygens (including phenoxy) is 2. The summed E-state index contributed by atoms with van der Waals surface area (Å²) in [5, 5.41) is 2.73. The van der Waals surface area contributed by atoms with Gasteiger partial charge in [0.1, 0.15) is 30.5 Å². The van der Waals surface area contributed by atoms with Crippen molar-refractivity contribution in [2.75, 3.05) is 11.9 Å². The fraction of sp³-hybridized carbons (Fsp3) is 0.429. The van der Waals surface area contributed by atoms with Crippen molar-refractivity contribution in [2.45, 2.75) is 46.8 Å². The number of anilines is 1. The Morgan fingerprint density at radius 3 is 2.81 bits per heavy atom. The maximum atomic E-state index is 11.3. The van der Waals surface area contributed by atoms with Crippen LogP contribution < -0.4 is 20.5 Å². The zero-order valence-electron chi connectivity index (χ0n) is 16.3. The fourth-order valence-corrected chi connectivity index (χ4v) is 3.31. The highest BCUT2D eigenvalue weighted by molar-refractivity contribution is 5.88. The van der Waals surface area contributed by atoms with E-state index in [4.69, 9.17) is 15.2 Å². The van der Waals surface area contributed by atoms with Crippen molar-refractivity contribution in [2.24, 2.45) is 11.7 Å². The second kappa shape index (κ2) is 7.96. The quantitative estimate of drug-likeness (QED) is 0.811. The van der Waals surface area contributed by atoms with Gasteiger partial charge in [0.2, 0.25) is 5.91 Å². The molecule has 0 saturated heterocycles. The van der Waals surface area contributed by atoms with Crippen molar-refractivity contribution >= 4 is 11.7 Å². The van der Waals surface area contributed by atoms with Gasteiger partial charge in [0.05, 0.1) is 5.69 Å². The predicted octanol–water partition coefficient (Wildman–Crippen LogP) is 3.66. The molecule has 6 heteroatoms. The molecule has 0 fully saturated rings. The number of aromatic nitrogens is 1. The van der Waals surface area contributed by atoms with Gasteiger partial charge < -0.3 is 20.5 Å². The first kappa shape index (κ1) is 19.2. The normalized spacial score (nSPS) is 13.4. The number of nitrogens with zero attached hydrogens (tertiary/aromatic N) is 1. The molecule has 0 bridgehead atoms. The summed E-state index contributed by atoms with van der Waals surface area (Å²) in [6.07, 6.45) is 0.920. The first-order valence-electron chi connectivity index (χ1n) is 9.27. The van der Waals surface area contributed by atoms with E-state index in [1.807, 2.05) is 25.1 Å². The Morgan fingerprint density at radius 1 is 1.33 bits per heavy atom. The number of carbonyl (C=O) groups excluding carboxylic acids is 1. The SMILES string of the molecule is CC(=O)Nc1ccc2c(n1)-c1ccc(OCC(N)CC(C)C)c(C)c1OC2. The van der Waals surface area contributed by atoms with E-state index >= 15 is 0 Å². The number of hydrogen-bond acceptors (Lipinski definition) is 5. The van der Waals surface area contributed by atoms with Gasteiger partial charge in [0, 0.05) is 29.7 Å². The molecule has 0 radical (unpaired) electrons. The molecular formula is C21H27N3O3. The third-order valence-electron chi connectivity index (χ3n) is 4.49. The maximum absolute atomic E-state index is 11.3. The third kappa shape index (κ3) is 4.39. The molecule has 1 aromatic heterocycles. The zero-order chi connectivity index (χ0) is 19.6. The van der Waals surface area contributed by atoms with Gasteiger partial charge in [-0.2, -0.15) is 0 Å². The molecule has 0 saturated carbocycles. The molecule has 1 unspecified atom stereocenters. The van der Waals surface area contributed by atoms with Crippen LogP contribution in [0.2, 0.25) is 0 Å². The molecule has 1 aliphatic rings. The second-order valence-corrected chi connectivity index (χ2v) is 7.44. The van der Waals surface area contributed by atoms with E-state index < -0.39 is 0 Å². The number of pyridine rings is 1. The number of nitrogens with one attached hydrogen (secondary N) is 1. The van der Waals surface area contributed by atoms with Gasteiger partial charge in [-0.3, -0.25) is 4.79 Å². The predicted molar refractivity (Wildman–Crippen MR) is 106 cm³/mol. The van der Waals surface area contributed by atoms with Crippen molar-refractivity contribution in [1.82, 2.24) is 4.98 Å². The maximum Gasteiger partial charge on any atom is 0.222 e. The Labute approximate surface area is 160 Å². The molecule has 1 aliphatic heterocycles. The van der Waals surface area contributed by atoms with Crippen LogP contribution in [0.5, 0.6) is 11.5 Å². The molecule has 144 valence electrons. The lowest BCUT2D eigenvalue weighted by Crippen LogP contribution is -2.29. The number of hydrogen-bond donors (Lipinski definition) is 2. The number of rotatable bonds is 6. The Balaban J connectivity index is 1.85. The lowest BCUT2D eigenvalue weighted by atomic mass is 9.99. The molecular weight excluding hydrogens is 342 g/mol. The van der Waals surface area contributed by atoms with Gasteiger partial charge in [0.25, 0.3) is 0 Å². The van der Waals surface area contributed by atoms with E-state index in [-0.39, 0.29) is 11.9 Å². The van der Waals surface area contributed by atoms with Crippen LogP contribution in [-0.2, 0) is 11.4 Å². The highest BCUT2D eigenvalue weighted by Gasteiger charge is 2.23. The highest BCUT2D eigenvalue weighted by Crippen LogP contribution is 2.42. The largest absolute Gasteiger partial charge is 0.492 e. The number of amides is 1. The van der Waals surface area contributed by atoms with Gasteiger partial charge in [-0.1, -0.05) is 13.8 Å². The van der Waals surface area contributed by atoms with Crippen molar-refractivity contribution in [1.29, 1.82) is 0 Å². The molecule has 2 aromatic rings. The molecule has 6 nitrogen and oxygen atoms in total. The van der Waals surface area contributed by atoms with Crippen molar-refractivity contribution < 1.29 is 14.3 Å². The van der Waals surface area contributed by atoms with Gasteiger partial charge >= 0.3 is 0 Å². The van der Waals surface area contributed by atoms with Crippen LogP contribution in [0.1, 0.15) is 38.3 Å². The molecule has 3 rings (SSSR count).